The van der Waals surface area contributed by atoms with Crippen LogP contribution in [0.25, 0.3) is 67.6 Å². The van der Waals surface area contributed by atoms with Crippen LogP contribution in [0.3, 0.4) is 0 Å². The molecule has 0 amide bonds. The third-order valence-electron chi connectivity index (χ3n) is 14.0. The Hall–Kier alpha value is -9.55. The number of carbonyl (C=O) groups is 1. The molecule has 2 aromatic carbocycles. The number of carbonyl (C=O) groups excluding carboxylic acids is 1. The van der Waals surface area contributed by atoms with Gasteiger partial charge in [-0.2, -0.15) is 31.3 Å². The van der Waals surface area contributed by atoms with Crippen LogP contribution >= 0.6 is 0 Å². The molecule has 2 saturated carbocycles. The lowest BCUT2D eigenvalue weighted by atomic mass is 10.0. The molecule has 8 aromatic heterocycles. The quantitative estimate of drug-likeness (QED) is 0.0649. The molecule has 25 heteroatoms. The van der Waals surface area contributed by atoms with Gasteiger partial charge in [0.25, 0.3) is 0 Å². The minimum atomic E-state index is -4.74. The van der Waals surface area contributed by atoms with E-state index < -0.39 is 36.3 Å². The van der Waals surface area contributed by atoms with Crippen molar-refractivity contribution in [1.82, 2.24) is 68.9 Å². The topological polar surface area (TPSA) is 219 Å². The summed E-state index contributed by atoms with van der Waals surface area (Å²) in [6, 6.07) is 21.0. The van der Waals surface area contributed by atoms with Gasteiger partial charge in [-0.3, -0.25) is 4.79 Å². The first-order chi connectivity index (χ1) is 39.0. The SMILES string of the molecule is COC(=O)Cn1cc(C(F)(F)F)nc1-c1ccc(COc2nc(-c3c(OC)ncnc3C3CC3)nc3nc(C4CC4c4ncnc(OC)c4-c4nc(Cc5ccc(-c6nc(C(F)(F)F)cn6C)cc5)c5cccnc5n4)ccc23)cc1. The molecule has 2 atom stereocenters. The molecule has 12 rings (SSSR count). The molecular weight excluding hydrogens is 1060 g/mol. The number of hydrogen-bond acceptors (Lipinski definition) is 17. The van der Waals surface area contributed by atoms with Crippen molar-refractivity contribution in [2.24, 2.45) is 7.05 Å². The first-order valence-electron chi connectivity index (χ1n) is 25.3. The van der Waals surface area contributed by atoms with E-state index in [1.807, 2.05) is 30.3 Å². The molecule has 410 valence electrons. The summed E-state index contributed by atoms with van der Waals surface area (Å²) in [6.45, 7) is -0.505. The van der Waals surface area contributed by atoms with Crippen molar-refractivity contribution in [1.29, 1.82) is 0 Å². The van der Waals surface area contributed by atoms with Crippen molar-refractivity contribution in [3.63, 3.8) is 0 Å². The van der Waals surface area contributed by atoms with Gasteiger partial charge in [0.15, 0.2) is 34.3 Å². The highest BCUT2D eigenvalue weighted by molar-refractivity contribution is 5.84. The zero-order valence-corrected chi connectivity index (χ0v) is 43.4. The monoisotopic (exact) mass is 1110 g/mol. The lowest BCUT2D eigenvalue weighted by Crippen LogP contribution is -2.12. The summed E-state index contributed by atoms with van der Waals surface area (Å²) in [5.41, 5.74) is 4.56. The van der Waals surface area contributed by atoms with E-state index in [1.165, 1.54) is 38.5 Å². The number of methoxy groups -OCH3 is 3. The molecule has 81 heavy (non-hydrogen) atoms. The molecule has 8 heterocycles. The number of halogens is 6. The van der Waals surface area contributed by atoms with Gasteiger partial charge < -0.3 is 28.1 Å². The fraction of sp³-hybridized carbons (Fsp3) is 0.268. The Balaban J connectivity index is 0.862. The Morgan fingerprint density at radius 2 is 1.25 bits per heavy atom. The van der Waals surface area contributed by atoms with Crippen LogP contribution in [0, 0.1) is 0 Å². The number of imidazole rings is 2. The maximum atomic E-state index is 13.7. The summed E-state index contributed by atoms with van der Waals surface area (Å²) >= 11 is 0. The van der Waals surface area contributed by atoms with E-state index in [0.717, 1.165) is 48.2 Å². The normalized spacial score (nSPS) is 15.3. The molecule has 0 spiro atoms. The van der Waals surface area contributed by atoms with Crippen molar-refractivity contribution in [3.05, 3.63) is 149 Å². The van der Waals surface area contributed by atoms with Gasteiger partial charge >= 0.3 is 18.3 Å². The van der Waals surface area contributed by atoms with Crippen molar-refractivity contribution >= 4 is 28.0 Å². The zero-order valence-electron chi connectivity index (χ0n) is 43.4. The molecule has 0 saturated heterocycles. The molecule has 19 nitrogen and oxygen atoms in total. The third-order valence-corrected chi connectivity index (χ3v) is 14.0. The first-order valence-corrected chi connectivity index (χ1v) is 25.3. The largest absolute Gasteiger partial charge is 0.480 e. The van der Waals surface area contributed by atoms with Crippen LogP contribution in [0.2, 0.25) is 0 Å². The van der Waals surface area contributed by atoms with Gasteiger partial charge in [-0.1, -0.05) is 48.5 Å². The van der Waals surface area contributed by atoms with Crippen LogP contribution < -0.4 is 14.2 Å². The number of ether oxygens (including phenoxy) is 4. The average Bonchev–Trinajstić information content (AvgIpc) is 4.59. The van der Waals surface area contributed by atoms with Crippen LogP contribution in [-0.4, -0.2) is 96.2 Å². The molecule has 0 aliphatic heterocycles. The van der Waals surface area contributed by atoms with E-state index in [1.54, 1.807) is 48.7 Å². The number of benzene rings is 2. The van der Waals surface area contributed by atoms with Crippen LogP contribution in [0.15, 0.2) is 104 Å². The van der Waals surface area contributed by atoms with E-state index in [4.69, 9.17) is 48.9 Å². The third kappa shape index (κ3) is 10.4. The smallest absolute Gasteiger partial charge is 0.434 e. The van der Waals surface area contributed by atoms with E-state index in [2.05, 4.69) is 29.9 Å². The number of pyridine rings is 2. The predicted octanol–water partition coefficient (Wildman–Crippen LogP) is 10.1. The fourth-order valence-corrected chi connectivity index (χ4v) is 9.81. The van der Waals surface area contributed by atoms with Gasteiger partial charge in [0.2, 0.25) is 17.6 Å². The summed E-state index contributed by atoms with van der Waals surface area (Å²) in [7, 11) is 5.67. The van der Waals surface area contributed by atoms with Crippen molar-refractivity contribution in [2.45, 2.75) is 68.9 Å². The number of aryl methyl sites for hydroxylation is 1. The Kier molecular flexibility index (Phi) is 13.3. The highest BCUT2D eigenvalue weighted by atomic mass is 19.4. The minimum Gasteiger partial charge on any atom is -0.480 e. The number of nitrogens with zero attached hydrogens (tertiary/aromatic N) is 14. The molecule has 10 aromatic rings. The average molecular weight is 1110 g/mol. The number of alkyl halides is 6. The summed E-state index contributed by atoms with van der Waals surface area (Å²) in [6.07, 6.45) is -0.340. The molecule has 2 unspecified atom stereocenters. The Labute approximate surface area is 455 Å². The number of hydrogen-bond donors (Lipinski definition) is 0. The summed E-state index contributed by atoms with van der Waals surface area (Å²) in [4.78, 5) is 67.7. The van der Waals surface area contributed by atoms with Gasteiger partial charge in [-0.05, 0) is 54.7 Å². The number of esters is 1. The standard InChI is InChI=1S/C56H44F6N14O5/c1-75-22-39(55(57,58)59)70-50(75)31-11-7-28(8-12-31)20-38-33-6-5-19-63-46(33)72-48(69-38)43-45(65-27-67-54(43)80-4)36-21-35(36)37-18-17-34-47(68-37)73-49(42-44(30-15-16-30)64-26-66-53(42)79-3)74-52(34)81-25-29-9-13-32(14-10-29)51-71-40(56(60,61)62)23-76(51)24-41(77)78-2/h5-14,17-19,22-23,26-27,30,35-36H,15-16,20-21,24-25H2,1-4H3. The minimum absolute atomic E-state index is 0.0276. The number of rotatable bonds is 16. The molecule has 0 N–H and O–H groups in total. The fourth-order valence-electron chi connectivity index (χ4n) is 9.81. The molecule has 2 fully saturated rings. The van der Waals surface area contributed by atoms with Gasteiger partial charge in [0, 0.05) is 72.0 Å². The summed E-state index contributed by atoms with van der Waals surface area (Å²) in [5, 5.41) is 1.18. The highest BCUT2D eigenvalue weighted by Gasteiger charge is 2.45. The maximum Gasteiger partial charge on any atom is 0.434 e. The number of aromatic nitrogens is 14. The van der Waals surface area contributed by atoms with Gasteiger partial charge in [0.05, 0.1) is 43.8 Å². The van der Waals surface area contributed by atoms with E-state index in [0.29, 0.717) is 79.8 Å². The van der Waals surface area contributed by atoms with Crippen LogP contribution in [0.5, 0.6) is 17.6 Å². The molecule has 0 radical (unpaired) electrons. The van der Waals surface area contributed by atoms with E-state index in [9.17, 15) is 31.1 Å². The van der Waals surface area contributed by atoms with E-state index >= 15 is 0 Å². The Morgan fingerprint density at radius 3 is 1.91 bits per heavy atom. The Morgan fingerprint density at radius 1 is 0.617 bits per heavy atom. The molecule has 0 bridgehead atoms. The summed E-state index contributed by atoms with van der Waals surface area (Å²) < 4.78 is 107. The molecular formula is C56H44F6N14O5. The zero-order chi connectivity index (χ0) is 56.3. The highest BCUT2D eigenvalue weighted by Crippen LogP contribution is 2.56. The number of fused-ring (bicyclic) bond motifs is 2. The Bertz CT molecular complexity index is 4060. The molecule has 2 aliphatic rings. The van der Waals surface area contributed by atoms with Crippen molar-refractivity contribution < 1.29 is 50.1 Å². The second kappa shape index (κ2) is 20.6. The lowest BCUT2D eigenvalue weighted by Gasteiger charge is -2.15. The van der Waals surface area contributed by atoms with Crippen LogP contribution in [-0.2, 0) is 48.5 Å². The first kappa shape index (κ1) is 52.2. The summed E-state index contributed by atoms with van der Waals surface area (Å²) in [5.74, 6) is 0.354. The van der Waals surface area contributed by atoms with Gasteiger partial charge in [-0.25, -0.2) is 54.8 Å². The lowest BCUT2D eigenvalue weighted by molar-refractivity contribution is -0.143. The van der Waals surface area contributed by atoms with E-state index in [-0.39, 0.29) is 65.3 Å². The second-order valence-corrected chi connectivity index (χ2v) is 19.4. The second-order valence-electron chi connectivity index (χ2n) is 19.4. The van der Waals surface area contributed by atoms with Gasteiger partial charge in [0.1, 0.15) is 48.6 Å². The van der Waals surface area contributed by atoms with Crippen LogP contribution in [0.4, 0.5) is 26.3 Å². The van der Waals surface area contributed by atoms with Gasteiger partial charge in [-0.15, -0.1) is 0 Å². The van der Waals surface area contributed by atoms with Crippen molar-refractivity contribution in [2.75, 3.05) is 21.3 Å². The van der Waals surface area contributed by atoms with Crippen LogP contribution in [0.1, 0.15) is 82.3 Å². The molecule has 2 aliphatic carbocycles. The predicted molar refractivity (Wildman–Crippen MR) is 277 cm³/mol. The van der Waals surface area contributed by atoms with Crippen molar-refractivity contribution in [3.8, 4) is 63.2 Å². The maximum absolute atomic E-state index is 13.7.